The number of carbonyl (C=O) groups excluding carboxylic acids is 2. The van der Waals surface area contributed by atoms with Gasteiger partial charge in [-0.2, -0.15) is 0 Å². The van der Waals surface area contributed by atoms with E-state index in [1.54, 1.807) is 6.92 Å². The lowest BCUT2D eigenvalue weighted by Gasteiger charge is -2.36. The Morgan fingerprint density at radius 1 is 1.30 bits per heavy atom. The fourth-order valence-electron chi connectivity index (χ4n) is 2.54. The van der Waals surface area contributed by atoms with Gasteiger partial charge in [-0.1, -0.05) is 0 Å². The Morgan fingerprint density at radius 3 is 2.50 bits per heavy atom. The van der Waals surface area contributed by atoms with Crippen LogP contribution < -0.4 is 0 Å². The van der Waals surface area contributed by atoms with Gasteiger partial charge in [-0.15, -0.1) is 0 Å². The highest BCUT2D eigenvalue weighted by Gasteiger charge is 2.36. The van der Waals surface area contributed by atoms with Crippen molar-refractivity contribution in [3.05, 3.63) is 23.7 Å². The Hall–Kier alpha value is -2.11. The van der Waals surface area contributed by atoms with Gasteiger partial charge < -0.3 is 14.4 Å². The number of nitrogens with zero attached hydrogens (tertiary/aromatic N) is 1. The van der Waals surface area contributed by atoms with Crippen LogP contribution in [0.3, 0.4) is 0 Å². The number of carboxylic acids is 1. The SMILES string of the molecule is CC(=O)c1ccc(C(=O)N2CCC[C@@H](C(=O)O)[C@H]2C)o1. The number of piperidine rings is 1. The van der Waals surface area contributed by atoms with Gasteiger partial charge in [0.15, 0.2) is 17.3 Å². The highest BCUT2D eigenvalue weighted by atomic mass is 16.4. The molecule has 0 saturated carbocycles. The number of likely N-dealkylation sites (tertiary alicyclic amines) is 1. The van der Waals surface area contributed by atoms with Crippen LogP contribution in [-0.2, 0) is 4.79 Å². The molecule has 0 aromatic carbocycles. The van der Waals surface area contributed by atoms with E-state index in [4.69, 9.17) is 9.52 Å². The summed E-state index contributed by atoms with van der Waals surface area (Å²) in [7, 11) is 0. The molecule has 0 radical (unpaired) electrons. The molecular weight excluding hydrogens is 262 g/mol. The molecule has 1 aromatic heterocycles. The zero-order valence-corrected chi connectivity index (χ0v) is 11.5. The van der Waals surface area contributed by atoms with Gasteiger partial charge in [-0.3, -0.25) is 14.4 Å². The summed E-state index contributed by atoms with van der Waals surface area (Å²) in [5.41, 5.74) is 0. The molecule has 1 amide bonds. The first-order valence-electron chi connectivity index (χ1n) is 6.56. The molecule has 1 fully saturated rings. The number of Topliss-reactive ketones (excluding diaryl/α,β-unsaturated/α-hetero) is 1. The quantitative estimate of drug-likeness (QED) is 0.852. The molecule has 2 rings (SSSR count). The summed E-state index contributed by atoms with van der Waals surface area (Å²) >= 11 is 0. The van der Waals surface area contributed by atoms with Crippen molar-refractivity contribution in [2.24, 2.45) is 5.92 Å². The fourth-order valence-corrected chi connectivity index (χ4v) is 2.54. The van der Waals surface area contributed by atoms with Crippen LogP contribution in [0.4, 0.5) is 0 Å². The summed E-state index contributed by atoms with van der Waals surface area (Å²) in [5, 5.41) is 9.15. The number of carbonyl (C=O) groups is 3. The van der Waals surface area contributed by atoms with Crippen molar-refractivity contribution in [2.45, 2.75) is 32.7 Å². The third-order valence-corrected chi connectivity index (χ3v) is 3.73. The number of furan rings is 1. The molecule has 0 unspecified atom stereocenters. The minimum absolute atomic E-state index is 0.0769. The van der Waals surface area contributed by atoms with E-state index in [9.17, 15) is 14.4 Å². The normalized spacial score (nSPS) is 22.6. The van der Waals surface area contributed by atoms with Crippen LogP contribution in [0.2, 0.25) is 0 Å². The van der Waals surface area contributed by atoms with Crippen LogP contribution in [0.25, 0.3) is 0 Å². The molecular formula is C14H17NO5. The Kier molecular flexibility index (Phi) is 3.92. The van der Waals surface area contributed by atoms with Crippen molar-refractivity contribution in [1.29, 1.82) is 0 Å². The molecule has 0 spiro atoms. The molecule has 1 saturated heterocycles. The van der Waals surface area contributed by atoms with Crippen LogP contribution in [0.1, 0.15) is 47.8 Å². The summed E-state index contributed by atoms with van der Waals surface area (Å²) in [6.45, 7) is 3.58. The fraction of sp³-hybridized carbons (Fsp3) is 0.500. The summed E-state index contributed by atoms with van der Waals surface area (Å²) in [4.78, 5) is 36.2. The third kappa shape index (κ3) is 2.59. The maximum atomic E-state index is 12.3. The topological polar surface area (TPSA) is 87.8 Å². The molecule has 2 heterocycles. The van der Waals surface area contributed by atoms with Crippen LogP contribution in [0.5, 0.6) is 0 Å². The largest absolute Gasteiger partial charge is 0.481 e. The molecule has 6 heteroatoms. The smallest absolute Gasteiger partial charge is 0.308 e. The second-order valence-corrected chi connectivity index (χ2v) is 5.05. The lowest BCUT2D eigenvalue weighted by atomic mass is 9.90. The van der Waals surface area contributed by atoms with Gasteiger partial charge in [-0.25, -0.2) is 0 Å². The average Bonchev–Trinajstić information content (AvgIpc) is 2.87. The lowest BCUT2D eigenvalue weighted by molar-refractivity contribution is -0.145. The van der Waals surface area contributed by atoms with E-state index in [1.165, 1.54) is 24.0 Å². The monoisotopic (exact) mass is 279 g/mol. The van der Waals surface area contributed by atoms with Crippen LogP contribution in [0, 0.1) is 5.92 Å². The predicted molar refractivity (Wildman–Crippen MR) is 69.6 cm³/mol. The molecule has 6 nitrogen and oxygen atoms in total. The zero-order chi connectivity index (χ0) is 14.9. The van der Waals surface area contributed by atoms with E-state index in [-0.39, 0.29) is 29.3 Å². The Labute approximate surface area is 116 Å². The summed E-state index contributed by atoms with van der Waals surface area (Å²) in [6.07, 6.45) is 1.21. The van der Waals surface area contributed by atoms with Gasteiger partial charge in [0.1, 0.15) is 0 Å². The van der Waals surface area contributed by atoms with Crippen molar-refractivity contribution in [2.75, 3.05) is 6.54 Å². The van der Waals surface area contributed by atoms with Crippen molar-refractivity contribution < 1.29 is 23.9 Å². The summed E-state index contributed by atoms with van der Waals surface area (Å²) < 4.78 is 5.22. The minimum atomic E-state index is -0.890. The number of ketones is 1. The van der Waals surface area contributed by atoms with Crippen molar-refractivity contribution in [1.82, 2.24) is 4.90 Å². The number of amides is 1. The van der Waals surface area contributed by atoms with E-state index in [0.717, 1.165) is 0 Å². The Bertz CT molecular complexity index is 548. The Balaban J connectivity index is 2.18. The van der Waals surface area contributed by atoms with Gasteiger partial charge in [0.25, 0.3) is 5.91 Å². The predicted octanol–water partition coefficient (Wildman–Crippen LogP) is 1.81. The number of carboxylic acid groups (broad SMARTS) is 1. The van der Waals surface area contributed by atoms with Gasteiger partial charge in [0.05, 0.1) is 5.92 Å². The average molecular weight is 279 g/mol. The van der Waals surface area contributed by atoms with Gasteiger partial charge >= 0.3 is 5.97 Å². The van der Waals surface area contributed by atoms with Gasteiger partial charge in [-0.05, 0) is 31.9 Å². The number of hydrogen-bond donors (Lipinski definition) is 1. The molecule has 20 heavy (non-hydrogen) atoms. The van der Waals surface area contributed by atoms with Crippen LogP contribution in [-0.4, -0.2) is 40.3 Å². The summed E-state index contributed by atoms with van der Waals surface area (Å²) in [6, 6.07) is 2.52. The number of hydrogen-bond acceptors (Lipinski definition) is 4. The van der Waals surface area contributed by atoms with E-state index < -0.39 is 11.9 Å². The second kappa shape index (κ2) is 5.48. The third-order valence-electron chi connectivity index (χ3n) is 3.73. The van der Waals surface area contributed by atoms with Gasteiger partial charge in [0, 0.05) is 19.5 Å². The molecule has 2 atom stereocenters. The highest BCUT2D eigenvalue weighted by molar-refractivity contribution is 5.96. The van der Waals surface area contributed by atoms with Crippen molar-refractivity contribution >= 4 is 17.7 Å². The molecule has 1 N–H and O–H groups in total. The number of aliphatic carboxylic acids is 1. The molecule has 1 aromatic rings. The molecule has 1 aliphatic heterocycles. The van der Waals surface area contributed by atoms with E-state index >= 15 is 0 Å². The van der Waals surface area contributed by atoms with Crippen molar-refractivity contribution in [3.63, 3.8) is 0 Å². The Morgan fingerprint density at radius 2 is 1.95 bits per heavy atom. The first-order chi connectivity index (χ1) is 9.41. The maximum absolute atomic E-state index is 12.3. The standard InChI is InChI=1S/C14H17NO5/c1-8-10(14(18)19)4-3-7-15(8)13(17)12-6-5-11(20-12)9(2)16/h5-6,8,10H,3-4,7H2,1-2H3,(H,18,19)/t8-,10-/m1/s1. The molecule has 0 bridgehead atoms. The van der Waals surface area contributed by atoms with Crippen LogP contribution >= 0.6 is 0 Å². The number of rotatable bonds is 3. The second-order valence-electron chi connectivity index (χ2n) is 5.05. The zero-order valence-electron chi connectivity index (χ0n) is 11.5. The van der Waals surface area contributed by atoms with E-state index in [1.807, 2.05) is 0 Å². The van der Waals surface area contributed by atoms with Gasteiger partial charge in [0.2, 0.25) is 0 Å². The highest BCUT2D eigenvalue weighted by Crippen LogP contribution is 2.25. The van der Waals surface area contributed by atoms with E-state index in [2.05, 4.69) is 0 Å². The molecule has 0 aliphatic carbocycles. The first kappa shape index (κ1) is 14.3. The first-order valence-corrected chi connectivity index (χ1v) is 6.56. The van der Waals surface area contributed by atoms with Crippen molar-refractivity contribution in [3.8, 4) is 0 Å². The maximum Gasteiger partial charge on any atom is 0.308 e. The molecule has 108 valence electrons. The molecule has 1 aliphatic rings. The van der Waals surface area contributed by atoms with Crippen LogP contribution in [0.15, 0.2) is 16.5 Å². The minimum Gasteiger partial charge on any atom is -0.481 e. The van der Waals surface area contributed by atoms with E-state index in [0.29, 0.717) is 19.4 Å². The summed E-state index contributed by atoms with van der Waals surface area (Å²) in [5.74, 6) is -1.86. The lowest BCUT2D eigenvalue weighted by Crippen LogP contribution is -2.49.